The highest BCUT2D eigenvalue weighted by Gasteiger charge is 2.11. The van der Waals surface area contributed by atoms with Gasteiger partial charge in [0.1, 0.15) is 0 Å². The van der Waals surface area contributed by atoms with Gasteiger partial charge in [-0.3, -0.25) is 4.79 Å². The number of hydrogen-bond acceptors (Lipinski definition) is 3. The lowest BCUT2D eigenvalue weighted by atomic mass is 9.95. The molecule has 3 atom stereocenters. The van der Waals surface area contributed by atoms with Crippen molar-refractivity contribution in [1.29, 1.82) is 0 Å². The molecule has 0 radical (unpaired) electrons. The second kappa shape index (κ2) is 17.7. The largest absolute Gasteiger partial charge is 0.481 e. The molecule has 0 aromatic carbocycles. The number of hydrogen-bond donors (Lipinski definition) is 3. The minimum Gasteiger partial charge on any atom is -0.481 e. The van der Waals surface area contributed by atoms with Crippen molar-refractivity contribution in [1.82, 2.24) is 0 Å². The summed E-state index contributed by atoms with van der Waals surface area (Å²) in [7, 11) is 0. The molecule has 0 rings (SSSR count). The van der Waals surface area contributed by atoms with Crippen molar-refractivity contribution in [3.8, 4) is 0 Å². The van der Waals surface area contributed by atoms with Crippen LogP contribution in [0.5, 0.6) is 0 Å². The van der Waals surface area contributed by atoms with E-state index in [1.165, 1.54) is 19.3 Å². The van der Waals surface area contributed by atoms with Crippen molar-refractivity contribution in [3.63, 3.8) is 0 Å². The van der Waals surface area contributed by atoms with Crippen LogP contribution >= 0.6 is 0 Å². The topological polar surface area (TPSA) is 77.8 Å². The molecule has 0 aromatic heterocycles. The van der Waals surface area contributed by atoms with Gasteiger partial charge in [-0.15, -0.1) is 0 Å². The number of carboxylic acid groups (broad SMARTS) is 1. The minimum absolute atomic E-state index is 0.119. The van der Waals surface area contributed by atoms with Crippen molar-refractivity contribution >= 4 is 5.97 Å². The summed E-state index contributed by atoms with van der Waals surface area (Å²) < 4.78 is 0. The maximum Gasteiger partial charge on any atom is 0.303 e. The first-order chi connectivity index (χ1) is 13.0. The number of aliphatic hydroxyl groups is 2. The van der Waals surface area contributed by atoms with Gasteiger partial charge in [-0.25, -0.2) is 0 Å². The summed E-state index contributed by atoms with van der Waals surface area (Å²) in [4.78, 5) is 10.4. The van der Waals surface area contributed by atoms with E-state index >= 15 is 0 Å². The van der Waals surface area contributed by atoms with E-state index in [1.54, 1.807) is 18.2 Å². The Balaban J connectivity index is 3.84. The van der Waals surface area contributed by atoms with Gasteiger partial charge < -0.3 is 15.3 Å². The Kier molecular flexibility index (Phi) is 16.7. The molecule has 3 N–H and O–H groups in total. The van der Waals surface area contributed by atoms with Crippen LogP contribution in [-0.4, -0.2) is 33.5 Å². The van der Waals surface area contributed by atoms with Crippen LogP contribution in [-0.2, 0) is 4.79 Å². The average Bonchev–Trinajstić information content (AvgIpc) is 2.63. The van der Waals surface area contributed by atoms with E-state index < -0.39 is 12.1 Å². The molecular formula is C23H38O4. The standard InChI is InChI=1S/C23H38O4/c1-3-4-10-15-20(2)22(25)18-13-8-6-5-7-11-16-21(24)17-12-9-14-19-23(26)27/h5,7-9,11-13,16,20-22,24-25H,3-4,6,10,14-15,17-19H2,1-2H3,(H,26,27)/b7-5-,12-9-,13-8-,16-11+. The van der Waals surface area contributed by atoms with Crippen molar-refractivity contribution in [2.45, 2.75) is 83.8 Å². The lowest BCUT2D eigenvalue weighted by Gasteiger charge is -2.16. The number of allylic oxidation sites excluding steroid dienone is 5. The molecular weight excluding hydrogens is 340 g/mol. The van der Waals surface area contributed by atoms with Crippen molar-refractivity contribution in [2.24, 2.45) is 5.92 Å². The fraction of sp³-hybridized carbons (Fsp3) is 0.609. The third kappa shape index (κ3) is 17.5. The highest BCUT2D eigenvalue weighted by molar-refractivity contribution is 5.66. The predicted molar refractivity (Wildman–Crippen MR) is 113 cm³/mol. The molecule has 4 heteroatoms. The molecule has 0 heterocycles. The van der Waals surface area contributed by atoms with Crippen LogP contribution in [0.1, 0.15) is 71.6 Å². The Morgan fingerprint density at radius 3 is 2.41 bits per heavy atom. The number of carbonyl (C=O) groups is 1. The second-order valence-corrected chi connectivity index (χ2v) is 7.00. The first kappa shape index (κ1) is 25.4. The van der Waals surface area contributed by atoms with Crippen LogP contribution in [0.15, 0.2) is 48.6 Å². The lowest BCUT2D eigenvalue weighted by Crippen LogP contribution is -2.16. The molecule has 4 nitrogen and oxygen atoms in total. The molecule has 3 unspecified atom stereocenters. The summed E-state index contributed by atoms with van der Waals surface area (Å²) in [6.45, 7) is 4.31. The molecule has 154 valence electrons. The van der Waals surface area contributed by atoms with Crippen LogP contribution in [0, 0.1) is 5.92 Å². The van der Waals surface area contributed by atoms with Gasteiger partial charge >= 0.3 is 5.97 Å². The van der Waals surface area contributed by atoms with Crippen LogP contribution in [0.25, 0.3) is 0 Å². The number of aliphatic carboxylic acids is 1. The van der Waals surface area contributed by atoms with E-state index in [9.17, 15) is 15.0 Å². The van der Waals surface area contributed by atoms with E-state index in [0.717, 1.165) is 12.8 Å². The SMILES string of the molecule is CCCCCC(C)C(O)C/C=C\C/C=C\C=C\C(O)C/C=C\CCC(=O)O. The van der Waals surface area contributed by atoms with E-state index in [0.29, 0.717) is 25.2 Å². The summed E-state index contributed by atoms with van der Waals surface area (Å²) in [6.07, 6.45) is 21.6. The Morgan fingerprint density at radius 1 is 0.963 bits per heavy atom. The number of aliphatic hydroxyl groups excluding tert-OH is 2. The molecule has 0 aromatic rings. The minimum atomic E-state index is -0.810. The van der Waals surface area contributed by atoms with Crippen molar-refractivity contribution < 1.29 is 20.1 Å². The Morgan fingerprint density at radius 2 is 1.70 bits per heavy atom. The van der Waals surface area contributed by atoms with Gasteiger partial charge in [-0.1, -0.05) is 81.7 Å². The lowest BCUT2D eigenvalue weighted by molar-refractivity contribution is -0.136. The summed E-state index contributed by atoms with van der Waals surface area (Å²) in [5.74, 6) is -0.463. The smallest absolute Gasteiger partial charge is 0.303 e. The van der Waals surface area contributed by atoms with E-state index in [1.807, 2.05) is 30.4 Å². The highest BCUT2D eigenvalue weighted by atomic mass is 16.4. The summed E-state index contributed by atoms with van der Waals surface area (Å²) >= 11 is 0. The number of carboxylic acids is 1. The van der Waals surface area contributed by atoms with Gasteiger partial charge in [-0.2, -0.15) is 0 Å². The molecule has 0 fully saturated rings. The zero-order valence-corrected chi connectivity index (χ0v) is 17.0. The predicted octanol–water partition coefficient (Wildman–Crippen LogP) is 5.18. The number of unbranched alkanes of at least 4 members (excludes halogenated alkanes) is 2. The monoisotopic (exact) mass is 378 g/mol. The van der Waals surface area contributed by atoms with Gasteiger partial charge in [0.25, 0.3) is 0 Å². The fourth-order valence-corrected chi connectivity index (χ4v) is 2.54. The maximum absolute atomic E-state index is 10.4. The molecule has 0 aliphatic heterocycles. The third-order valence-corrected chi connectivity index (χ3v) is 4.39. The summed E-state index contributed by atoms with van der Waals surface area (Å²) in [6, 6.07) is 0. The molecule has 0 saturated carbocycles. The Bertz CT molecular complexity index is 477. The highest BCUT2D eigenvalue weighted by Crippen LogP contribution is 2.16. The van der Waals surface area contributed by atoms with Crippen LogP contribution in [0.4, 0.5) is 0 Å². The quantitative estimate of drug-likeness (QED) is 0.196. The average molecular weight is 379 g/mol. The second-order valence-electron chi connectivity index (χ2n) is 7.00. The molecule has 0 amide bonds. The fourth-order valence-electron chi connectivity index (χ4n) is 2.54. The molecule has 0 saturated heterocycles. The molecule has 0 bridgehead atoms. The van der Waals surface area contributed by atoms with Crippen LogP contribution in [0.2, 0.25) is 0 Å². The molecule has 0 spiro atoms. The molecule has 27 heavy (non-hydrogen) atoms. The molecule has 0 aliphatic rings. The zero-order valence-electron chi connectivity index (χ0n) is 17.0. The van der Waals surface area contributed by atoms with E-state index in [-0.39, 0.29) is 12.5 Å². The van der Waals surface area contributed by atoms with Crippen LogP contribution < -0.4 is 0 Å². The van der Waals surface area contributed by atoms with Gasteiger partial charge in [-0.05, 0) is 38.0 Å². The van der Waals surface area contributed by atoms with Crippen molar-refractivity contribution in [3.05, 3.63) is 48.6 Å². The normalized spacial score (nSPS) is 16.0. The van der Waals surface area contributed by atoms with Gasteiger partial charge in [0.05, 0.1) is 12.2 Å². The van der Waals surface area contributed by atoms with Crippen molar-refractivity contribution in [2.75, 3.05) is 0 Å². The van der Waals surface area contributed by atoms with Gasteiger partial charge in [0.2, 0.25) is 0 Å². The van der Waals surface area contributed by atoms with Crippen LogP contribution in [0.3, 0.4) is 0 Å². The maximum atomic E-state index is 10.4. The zero-order chi connectivity index (χ0) is 20.3. The first-order valence-corrected chi connectivity index (χ1v) is 10.2. The first-order valence-electron chi connectivity index (χ1n) is 10.2. The Hall–Kier alpha value is -1.65. The number of rotatable bonds is 16. The van der Waals surface area contributed by atoms with Gasteiger partial charge in [0, 0.05) is 6.42 Å². The van der Waals surface area contributed by atoms with Gasteiger partial charge in [0.15, 0.2) is 0 Å². The summed E-state index contributed by atoms with van der Waals surface area (Å²) in [5.41, 5.74) is 0. The Labute approximate surface area is 165 Å². The molecule has 0 aliphatic carbocycles. The van der Waals surface area contributed by atoms with E-state index in [2.05, 4.69) is 13.8 Å². The third-order valence-electron chi connectivity index (χ3n) is 4.39. The summed E-state index contributed by atoms with van der Waals surface area (Å²) in [5, 5.41) is 28.4. The van der Waals surface area contributed by atoms with E-state index in [4.69, 9.17) is 5.11 Å².